The minimum Gasteiger partial charge on any atom is -0.488 e. The summed E-state index contributed by atoms with van der Waals surface area (Å²) in [5, 5.41) is 2.17. The van der Waals surface area contributed by atoms with E-state index in [0.29, 0.717) is 21.5 Å². The Morgan fingerprint density at radius 2 is 1.88 bits per heavy atom. The van der Waals surface area contributed by atoms with Crippen molar-refractivity contribution in [2.45, 2.75) is 13.2 Å². The maximum atomic E-state index is 13.1. The lowest BCUT2D eigenvalue weighted by Crippen LogP contribution is -2.53. The molecule has 1 aliphatic heterocycles. The number of barbiturate groups is 1. The molecule has 2 heterocycles. The lowest BCUT2D eigenvalue weighted by molar-refractivity contribution is -0.130. The third-order valence-electron chi connectivity index (χ3n) is 4.66. The molecule has 9 heteroatoms. The Hall–Kier alpha value is -3.72. The fourth-order valence-electron chi connectivity index (χ4n) is 3.06. The molecule has 1 N–H and O–H groups in total. The van der Waals surface area contributed by atoms with Crippen LogP contribution in [0.2, 0.25) is 0 Å². The van der Waals surface area contributed by atoms with Gasteiger partial charge in [-0.1, -0.05) is 28.1 Å². The quantitative estimate of drug-likeness (QED) is 0.401. The number of benzene rings is 2. The molecular formula is C23H16BrFN2O5. The van der Waals surface area contributed by atoms with Gasteiger partial charge >= 0.3 is 6.03 Å². The van der Waals surface area contributed by atoms with Crippen LogP contribution < -0.4 is 10.1 Å². The first-order chi connectivity index (χ1) is 15.4. The van der Waals surface area contributed by atoms with Crippen molar-refractivity contribution in [3.8, 4) is 5.75 Å². The van der Waals surface area contributed by atoms with Crippen LogP contribution in [0, 0.1) is 5.82 Å². The maximum absolute atomic E-state index is 13.1. The van der Waals surface area contributed by atoms with Gasteiger partial charge in [-0.05, 0) is 54.1 Å². The highest BCUT2D eigenvalue weighted by Crippen LogP contribution is 2.28. The predicted molar refractivity (Wildman–Crippen MR) is 116 cm³/mol. The van der Waals surface area contributed by atoms with E-state index in [0.717, 1.165) is 10.5 Å². The fourth-order valence-corrected chi connectivity index (χ4v) is 3.44. The molecule has 2 aromatic carbocycles. The topological polar surface area (TPSA) is 88.9 Å². The van der Waals surface area contributed by atoms with Crippen molar-refractivity contribution in [3.63, 3.8) is 0 Å². The molecule has 7 nitrogen and oxygen atoms in total. The molecule has 4 rings (SSSR count). The van der Waals surface area contributed by atoms with Gasteiger partial charge in [0.05, 0.1) is 12.8 Å². The SMILES string of the molecule is O=C1NC(=O)N(Cc2ccco2)C(=O)/C1=C/c1cc(Br)ccc1OCc1ccc(F)cc1. The molecule has 0 unspecified atom stereocenters. The molecule has 0 spiro atoms. The Morgan fingerprint density at radius 1 is 1.09 bits per heavy atom. The Bertz CT molecular complexity index is 1210. The van der Waals surface area contributed by atoms with Crippen molar-refractivity contribution in [2.75, 3.05) is 0 Å². The van der Waals surface area contributed by atoms with E-state index in [-0.39, 0.29) is 24.5 Å². The number of imide groups is 2. The van der Waals surface area contributed by atoms with Crippen LogP contribution in [0.15, 0.2) is 75.3 Å². The summed E-state index contributed by atoms with van der Waals surface area (Å²) in [6.07, 6.45) is 2.79. The highest BCUT2D eigenvalue weighted by Gasteiger charge is 2.36. The van der Waals surface area contributed by atoms with Gasteiger partial charge in [-0.2, -0.15) is 0 Å². The molecule has 0 bridgehead atoms. The molecule has 0 atom stereocenters. The zero-order valence-corrected chi connectivity index (χ0v) is 18.1. The molecule has 32 heavy (non-hydrogen) atoms. The summed E-state index contributed by atoms with van der Waals surface area (Å²) in [4.78, 5) is 38.4. The fraction of sp³-hybridized carbons (Fsp3) is 0.0870. The molecule has 162 valence electrons. The Balaban J connectivity index is 1.61. The van der Waals surface area contributed by atoms with Crippen LogP contribution in [0.5, 0.6) is 5.75 Å². The Kier molecular flexibility index (Phi) is 6.18. The second-order valence-corrected chi connectivity index (χ2v) is 7.80. The molecule has 0 saturated carbocycles. The van der Waals surface area contributed by atoms with E-state index in [1.165, 1.54) is 24.5 Å². The van der Waals surface area contributed by atoms with Gasteiger partial charge < -0.3 is 9.15 Å². The molecule has 4 amide bonds. The number of ether oxygens (including phenoxy) is 1. The highest BCUT2D eigenvalue weighted by atomic mass is 79.9. The Labute approximate surface area is 190 Å². The third-order valence-corrected chi connectivity index (χ3v) is 5.15. The first-order valence-corrected chi connectivity index (χ1v) is 10.3. The zero-order valence-electron chi connectivity index (χ0n) is 16.5. The number of halogens is 2. The van der Waals surface area contributed by atoms with Crippen LogP contribution in [-0.2, 0) is 22.7 Å². The summed E-state index contributed by atoms with van der Waals surface area (Å²) in [5.74, 6) is -1.11. The van der Waals surface area contributed by atoms with Gasteiger partial charge in [-0.15, -0.1) is 0 Å². The summed E-state index contributed by atoms with van der Waals surface area (Å²) in [5.41, 5.74) is 0.975. The van der Waals surface area contributed by atoms with E-state index in [2.05, 4.69) is 21.2 Å². The molecule has 1 aliphatic rings. The van der Waals surface area contributed by atoms with Gasteiger partial charge in [0.25, 0.3) is 11.8 Å². The second-order valence-electron chi connectivity index (χ2n) is 6.89. The second kappa shape index (κ2) is 9.19. The predicted octanol–water partition coefficient (Wildman–Crippen LogP) is 4.42. The molecule has 1 fully saturated rings. The van der Waals surface area contributed by atoms with Gasteiger partial charge in [0.1, 0.15) is 29.5 Å². The number of nitrogens with one attached hydrogen (secondary N) is 1. The number of rotatable bonds is 6. The number of urea groups is 1. The van der Waals surface area contributed by atoms with Gasteiger partial charge in [0.2, 0.25) is 0 Å². The zero-order chi connectivity index (χ0) is 22.7. The van der Waals surface area contributed by atoms with Gasteiger partial charge in [0.15, 0.2) is 0 Å². The number of amides is 4. The molecule has 3 aromatic rings. The molecular weight excluding hydrogens is 483 g/mol. The minimum absolute atomic E-state index is 0.116. The van der Waals surface area contributed by atoms with Gasteiger partial charge in [-0.25, -0.2) is 9.18 Å². The first kappa shape index (κ1) is 21.5. The average Bonchev–Trinajstić information content (AvgIpc) is 3.28. The van der Waals surface area contributed by atoms with Crippen molar-refractivity contribution in [1.82, 2.24) is 10.2 Å². The summed E-state index contributed by atoms with van der Waals surface area (Å²) < 4.78 is 24.9. The van der Waals surface area contributed by atoms with Crippen LogP contribution in [0.4, 0.5) is 9.18 Å². The number of hydrogen-bond donors (Lipinski definition) is 1. The summed E-state index contributed by atoms with van der Waals surface area (Å²) >= 11 is 3.37. The number of furan rings is 1. The molecule has 0 aliphatic carbocycles. The van der Waals surface area contributed by atoms with Crippen molar-refractivity contribution in [1.29, 1.82) is 0 Å². The van der Waals surface area contributed by atoms with E-state index >= 15 is 0 Å². The van der Waals surface area contributed by atoms with Crippen molar-refractivity contribution in [2.24, 2.45) is 0 Å². The summed E-state index contributed by atoms with van der Waals surface area (Å²) in [6.45, 7) is 0.0377. The van der Waals surface area contributed by atoms with Crippen molar-refractivity contribution >= 4 is 39.9 Å². The average molecular weight is 499 g/mol. The first-order valence-electron chi connectivity index (χ1n) is 9.49. The number of carbonyl (C=O) groups is 3. The summed E-state index contributed by atoms with van der Waals surface area (Å²) in [6, 6.07) is 13.4. The lowest BCUT2D eigenvalue weighted by Gasteiger charge is -2.25. The van der Waals surface area contributed by atoms with E-state index in [1.54, 1.807) is 42.5 Å². The number of hydrogen-bond acceptors (Lipinski definition) is 5. The van der Waals surface area contributed by atoms with Crippen LogP contribution in [0.1, 0.15) is 16.9 Å². The van der Waals surface area contributed by atoms with Crippen molar-refractivity contribution in [3.05, 3.63) is 93.6 Å². The largest absolute Gasteiger partial charge is 0.488 e. The third kappa shape index (κ3) is 4.78. The van der Waals surface area contributed by atoms with Crippen LogP contribution in [-0.4, -0.2) is 22.7 Å². The number of nitrogens with zero attached hydrogens (tertiary/aromatic N) is 1. The van der Waals surface area contributed by atoms with Crippen LogP contribution >= 0.6 is 15.9 Å². The summed E-state index contributed by atoms with van der Waals surface area (Å²) in [7, 11) is 0. The molecule has 1 saturated heterocycles. The smallest absolute Gasteiger partial charge is 0.331 e. The maximum Gasteiger partial charge on any atom is 0.331 e. The van der Waals surface area contributed by atoms with E-state index in [1.807, 2.05) is 0 Å². The van der Waals surface area contributed by atoms with Crippen molar-refractivity contribution < 1.29 is 27.9 Å². The molecule has 1 aromatic heterocycles. The highest BCUT2D eigenvalue weighted by molar-refractivity contribution is 9.10. The standard InChI is InChI=1S/C23H16BrFN2O5/c24-16-5-8-20(32-13-14-3-6-17(25)7-4-14)15(10-16)11-19-21(28)26-23(30)27(22(19)29)12-18-2-1-9-31-18/h1-11H,12-13H2,(H,26,28,30)/b19-11+. The normalized spacial score (nSPS) is 15.2. The lowest BCUT2D eigenvalue weighted by atomic mass is 10.1. The Morgan fingerprint density at radius 3 is 2.59 bits per heavy atom. The van der Waals surface area contributed by atoms with Gasteiger partial charge in [-0.3, -0.25) is 19.8 Å². The monoisotopic (exact) mass is 498 g/mol. The van der Waals surface area contributed by atoms with E-state index in [9.17, 15) is 18.8 Å². The molecule has 0 radical (unpaired) electrons. The van der Waals surface area contributed by atoms with E-state index in [4.69, 9.17) is 9.15 Å². The number of carbonyl (C=O) groups excluding carboxylic acids is 3. The van der Waals surface area contributed by atoms with Gasteiger partial charge in [0, 0.05) is 10.0 Å². The van der Waals surface area contributed by atoms with Crippen LogP contribution in [0.25, 0.3) is 6.08 Å². The minimum atomic E-state index is -0.824. The van der Waals surface area contributed by atoms with E-state index < -0.39 is 17.8 Å². The van der Waals surface area contributed by atoms with Crippen LogP contribution in [0.3, 0.4) is 0 Å².